The molecule has 3 rings (SSSR count). The molecule has 0 aliphatic carbocycles. The van der Waals surface area contributed by atoms with Crippen LogP contribution in [0.5, 0.6) is 0 Å². The predicted octanol–water partition coefficient (Wildman–Crippen LogP) is 3.94. The molecule has 8 heteroatoms. The Morgan fingerprint density at radius 3 is 2.74 bits per heavy atom. The maximum atomic E-state index is 12.2. The lowest BCUT2D eigenvalue weighted by atomic mass is 10.1. The zero-order valence-corrected chi connectivity index (χ0v) is 13.8. The van der Waals surface area contributed by atoms with Crippen LogP contribution >= 0.6 is 23.2 Å². The minimum absolute atomic E-state index is 0.147. The van der Waals surface area contributed by atoms with Crippen molar-refractivity contribution < 1.29 is 9.32 Å². The van der Waals surface area contributed by atoms with Crippen LogP contribution in [0.25, 0.3) is 11.3 Å². The van der Waals surface area contributed by atoms with E-state index in [1.165, 1.54) is 6.07 Å². The van der Waals surface area contributed by atoms with Crippen molar-refractivity contribution in [2.45, 2.75) is 6.92 Å². The highest BCUT2D eigenvalue weighted by Gasteiger charge is 2.17. The van der Waals surface area contributed by atoms with E-state index >= 15 is 0 Å². The third-order valence-electron chi connectivity index (χ3n) is 3.42. The van der Waals surface area contributed by atoms with Crippen molar-refractivity contribution in [1.29, 1.82) is 0 Å². The molecule has 0 atom stereocenters. The van der Waals surface area contributed by atoms with Crippen LogP contribution in [0, 0.1) is 6.92 Å². The van der Waals surface area contributed by atoms with Crippen LogP contribution in [-0.4, -0.2) is 20.8 Å². The Kier molecular flexibility index (Phi) is 4.11. The van der Waals surface area contributed by atoms with Gasteiger partial charge in [0.25, 0.3) is 5.91 Å². The first-order valence-electron chi connectivity index (χ1n) is 6.68. The maximum absolute atomic E-state index is 12.2. The number of anilines is 1. The molecule has 0 fully saturated rings. The molecule has 0 bridgehead atoms. The topological polar surface area (TPSA) is 73.0 Å². The van der Waals surface area contributed by atoms with Crippen molar-refractivity contribution in [1.82, 2.24) is 14.9 Å². The molecule has 118 valence electrons. The normalized spacial score (nSPS) is 10.8. The zero-order chi connectivity index (χ0) is 16.6. The van der Waals surface area contributed by atoms with Gasteiger partial charge in [0.2, 0.25) is 0 Å². The Bertz CT molecular complexity index is 885. The molecule has 23 heavy (non-hydrogen) atoms. The summed E-state index contributed by atoms with van der Waals surface area (Å²) in [6.45, 7) is 1.85. The van der Waals surface area contributed by atoms with Crippen molar-refractivity contribution in [3.63, 3.8) is 0 Å². The van der Waals surface area contributed by atoms with Crippen molar-refractivity contribution in [2.75, 3.05) is 5.32 Å². The summed E-state index contributed by atoms with van der Waals surface area (Å²) < 4.78 is 6.87. The molecule has 0 spiro atoms. The first-order chi connectivity index (χ1) is 11.0. The van der Waals surface area contributed by atoms with E-state index in [0.717, 1.165) is 5.69 Å². The molecule has 1 aromatic carbocycles. The van der Waals surface area contributed by atoms with E-state index in [1.54, 1.807) is 36.1 Å². The van der Waals surface area contributed by atoms with E-state index in [-0.39, 0.29) is 11.6 Å². The van der Waals surface area contributed by atoms with E-state index in [0.29, 0.717) is 27.1 Å². The first kappa shape index (κ1) is 15.6. The smallest absolute Gasteiger partial charge is 0.277 e. The molecular weight excluding hydrogens is 339 g/mol. The highest BCUT2D eigenvalue weighted by atomic mass is 35.5. The number of hydrogen-bond donors (Lipinski definition) is 1. The molecule has 3 aromatic rings. The lowest BCUT2D eigenvalue weighted by Crippen LogP contribution is -2.12. The molecule has 0 aliphatic heterocycles. The number of carbonyl (C=O) groups excluding carboxylic acids is 1. The number of hydrogen-bond acceptors (Lipinski definition) is 4. The van der Waals surface area contributed by atoms with Gasteiger partial charge in [0.05, 0.1) is 22.6 Å². The fraction of sp³-hybridized carbons (Fsp3) is 0.133. The quantitative estimate of drug-likeness (QED) is 0.776. The number of nitrogens with zero attached hydrogens (tertiary/aromatic N) is 3. The van der Waals surface area contributed by atoms with Gasteiger partial charge in [-0.05, 0) is 25.1 Å². The molecular formula is C15H12Cl2N4O2. The summed E-state index contributed by atoms with van der Waals surface area (Å²) in [7, 11) is 1.79. The standard InChI is InChI=1S/C15H12Cl2N4O2/c1-8-13(7-18-21(8)2)19-15(22)12-6-14(23-20-12)10-4-3-9(16)5-11(10)17/h3-7H,1-2H3,(H,19,22). The number of aromatic nitrogens is 3. The SMILES string of the molecule is Cc1c(NC(=O)c2cc(-c3ccc(Cl)cc3Cl)on2)cnn1C. The number of halogens is 2. The first-order valence-corrected chi connectivity index (χ1v) is 7.43. The van der Waals surface area contributed by atoms with E-state index in [2.05, 4.69) is 15.6 Å². The summed E-state index contributed by atoms with van der Waals surface area (Å²) >= 11 is 12.0. The minimum atomic E-state index is -0.388. The van der Waals surface area contributed by atoms with Gasteiger partial charge < -0.3 is 9.84 Å². The van der Waals surface area contributed by atoms with Crippen molar-refractivity contribution in [2.24, 2.45) is 7.05 Å². The van der Waals surface area contributed by atoms with Crippen molar-refractivity contribution >= 4 is 34.8 Å². The van der Waals surface area contributed by atoms with Crippen LogP contribution in [0.2, 0.25) is 10.0 Å². The lowest BCUT2D eigenvalue weighted by Gasteiger charge is -2.01. The van der Waals surface area contributed by atoms with Gasteiger partial charge in [-0.2, -0.15) is 5.10 Å². The van der Waals surface area contributed by atoms with Crippen LogP contribution in [-0.2, 0) is 7.05 Å². The fourth-order valence-corrected chi connectivity index (χ4v) is 2.51. The summed E-state index contributed by atoms with van der Waals surface area (Å²) in [6, 6.07) is 6.51. The molecule has 0 unspecified atom stereocenters. The molecule has 6 nitrogen and oxygen atoms in total. The lowest BCUT2D eigenvalue weighted by molar-refractivity contribution is 0.101. The van der Waals surface area contributed by atoms with E-state index in [4.69, 9.17) is 27.7 Å². The van der Waals surface area contributed by atoms with E-state index < -0.39 is 0 Å². The molecule has 2 aromatic heterocycles. The average molecular weight is 351 g/mol. The number of benzene rings is 1. The van der Waals surface area contributed by atoms with Crippen molar-refractivity contribution in [3.05, 3.63) is 51.9 Å². The van der Waals surface area contributed by atoms with Crippen LogP contribution in [0.15, 0.2) is 35.0 Å². The molecule has 1 N–H and O–H groups in total. The second kappa shape index (κ2) is 6.06. The fourth-order valence-electron chi connectivity index (χ4n) is 2.01. The summed E-state index contributed by atoms with van der Waals surface area (Å²) in [5, 5.41) is 11.5. The molecule has 0 aliphatic rings. The van der Waals surface area contributed by atoms with Gasteiger partial charge in [0.1, 0.15) is 0 Å². The second-order valence-corrected chi connectivity index (χ2v) is 5.77. The van der Waals surface area contributed by atoms with Crippen LogP contribution in [0.4, 0.5) is 5.69 Å². The molecule has 1 amide bonds. The van der Waals surface area contributed by atoms with E-state index in [1.807, 2.05) is 6.92 Å². The zero-order valence-electron chi connectivity index (χ0n) is 12.3. The van der Waals surface area contributed by atoms with E-state index in [9.17, 15) is 4.79 Å². The molecule has 0 radical (unpaired) electrons. The highest BCUT2D eigenvalue weighted by Crippen LogP contribution is 2.30. The van der Waals surface area contributed by atoms with Gasteiger partial charge in [0.15, 0.2) is 11.5 Å². The average Bonchev–Trinajstić information content (AvgIpc) is 3.10. The van der Waals surface area contributed by atoms with Gasteiger partial charge in [-0.25, -0.2) is 0 Å². The summed E-state index contributed by atoms with van der Waals surface area (Å²) in [5.74, 6) is 0.000844. The minimum Gasteiger partial charge on any atom is -0.355 e. The van der Waals surface area contributed by atoms with Crippen LogP contribution < -0.4 is 5.32 Å². The molecule has 0 saturated carbocycles. The predicted molar refractivity (Wildman–Crippen MR) is 87.9 cm³/mol. The van der Waals surface area contributed by atoms with Crippen molar-refractivity contribution in [3.8, 4) is 11.3 Å². The number of carbonyl (C=O) groups is 1. The van der Waals surface area contributed by atoms with Gasteiger partial charge >= 0.3 is 0 Å². The summed E-state index contributed by atoms with van der Waals surface area (Å²) in [5.41, 5.74) is 2.21. The third kappa shape index (κ3) is 3.09. The van der Waals surface area contributed by atoms with Gasteiger partial charge in [-0.3, -0.25) is 9.48 Å². The van der Waals surface area contributed by atoms with Crippen LogP contribution in [0.3, 0.4) is 0 Å². The number of aryl methyl sites for hydroxylation is 1. The Labute approximate surface area is 142 Å². The van der Waals surface area contributed by atoms with Crippen LogP contribution in [0.1, 0.15) is 16.2 Å². The Morgan fingerprint density at radius 1 is 1.30 bits per heavy atom. The monoisotopic (exact) mass is 350 g/mol. The maximum Gasteiger partial charge on any atom is 0.277 e. The summed E-state index contributed by atoms with van der Waals surface area (Å²) in [6.07, 6.45) is 1.57. The number of rotatable bonds is 3. The number of amides is 1. The third-order valence-corrected chi connectivity index (χ3v) is 3.97. The Hall–Kier alpha value is -2.31. The largest absolute Gasteiger partial charge is 0.355 e. The second-order valence-electron chi connectivity index (χ2n) is 4.92. The Balaban J connectivity index is 1.84. The number of nitrogens with one attached hydrogen (secondary N) is 1. The molecule has 0 saturated heterocycles. The van der Waals surface area contributed by atoms with Gasteiger partial charge in [-0.1, -0.05) is 28.4 Å². The van der Waals surface area contributed by atoms with Gasteiger partial charge in [-0.15, -0.1) is 0 Å². The Morgan fingerprint density at radius 2 is 2.09 bits per heavy atom. The highest BCUT2D eigenvalue weighted by molar-refractivity contribution is 6.36. The summed E-state index contributed by atoms with van der Waals surface area (Å²) in [4.78, 5) is 12.2. The van der Waals surface area contributed by atoms with Gasteiger partial charge in [0, 0.05) is 23.7 Å². The molecule has 2 heterocycles.